The van der Waals surface area contributed by atoms with E-state index >= 15 is 0 Å². The number of ether oxygens (including phenoxy) is 1. The molecular formula is C20H24N2O3. The van der Waals surface area contributed by atoms with Gasteiger partial charge in [0.2, 0.25) is 0 Å². The molecule has 1 aliphatic heterocycles. The highest BCUT2D eigenvalue weighted by Crippen LogP contribution is 2.20. The highest BCUT2D eigenvalue weighted by molar-refractivity contribution is 5.99. The molecule has 1 aliphatic rings. The third-order valence-corrected chi connectivity index (χ3v) is 4.27. The normalized spacial score (nSPS) is 17.2. The van der Waals surface area contributed by atoms with E-state index in [1.165, 1.54) is 0 Å². The number of aliphatic hydroxyl groups is 1. The van der Waals surface area contributed by atoms with Crippen LogP contribution in [0, 0.1) is 0 Å². The number of para-hydroxylation sites is 2. The van der Waals surface area contributed by atoms with Crippen molar-refractivity contribution in [1.82, 2.24) is 4.90 Å². The van der Waals surface area contributed by atoms with Gasteiger partial charge in [-0.2, -0.15) is 0 Å². The Labute approximate surface area is 148 Å². The Hall–Kier alpha value is -2.53. The maximum atomic E-state index is 12.8. The molecule has 1 amide bonds. The Morgan fingerprint density at radius 2 is 1.92 bits per heavy atom. The van der Waals surface area contributed by atoms with Crippen LogP contribution >= 0.6 is 0 Å². The van der Waals surface area contributed by atoms with Crippen LogP contribution in [-0.4, -0.2) is 48.3 Å². The fourth-order valence-electron chi connectivity index (χ4n) is 3.00. The maximum absolute atomic E-state index is 12.8. The average molecular weight is 340 g/mol. The Morgan fingerprint density at radius 3 is 2.72 bits per heavy atom. The summed E-state index contributed by atoms with van der Waals surface area (Å²) in [5.74, 6) is 0.793. The quantitative estimate of drug-likeness (QED) is 0.794. The minimum Gasteiger partial charge on any atom is -0.492 e. The lowest BCUT2D eigenvalue weighted by Gasteiger charge is -2.30. The van der Waals surface area contributed by atoms with E-state index in [1.54, 1.807) is 4.90 Å². The van der Waals surface area contributed by atoms with Crippen molar-refractivity contribution in [2.45, 2.75) is 18.9 Å². The second-order valence-electron chi connectivity index (χ2n) is 6.18. The topological polar surface area (TPSA) is 61.8 Å². The molecule has 0 bridgehead atoms. The lowest BCUT2D eigenvalue weighted by Crippen LogP contribution is -2.42. The summed E-state index contributed by atoms with van der Waals surface area (Å²) in [6, 6.07) is 17.1. The summed E-state index contributed by atoms with van der Waals surface area (Å²) >= 11 is 0. The Bertz CT molecular complexity index is 690. The molecule has 5 nitrogen and oxygen atoms in total. The summed E-state index contributed by atoms with van der Waals surface area (Å²) in [5.41, 5.74) is 1.43. The number of benzene rings is 2. The first-order valence-electron chi connectivity index (χ1n) is 8.72. The van der Waals surface area contributed by atoms with Gasteiger partial charge in [-0.25, -0.2) is 0 Å². The first kappa shape index (κ1) is 17.3. The number of hydrogen-bond donors (Lipinski definition) is 2. The van der Waals surface area contributed by atoms with Crippen molar-refractivity contribution in [3.63, 3.8) is 0 Å². The summed E-state index contributed by atoms with van der Waals surface area (Å²) in [5, 5.41) is 13.1. The van der Waals surface area contributed by atoms with E-state index in [1.807, 2.05) is 54.6 Å². The molecule has 0 aromatic heterocycles. The number of amides is 1. The lowest BCUT2D eigenvalue weighted by molar-refractivity contribution is 0.0474. The van der Waals surface area contributed by atoms with Gasteiger partial charge in [-0.15, -0.1) is 0 Å². The monoisotopic (exact) mass is 340 g/mol. The fraction of sp³-hybridized carbons (Fsp3) is 0.350. The number of carbonyl (C=O) groups excluding carboxylic acids is 1. The van der Waals surface area contributed by atoms with E-state index < -0.39 is 6.10 Å². The highest BCUT2D eigenvalue weighted by atomic mass is 16.5. The smallest absolute Gasteiger partial charge is 0.256 e. The Morgan fingerprint density at radius 1 is 1.16 bits per heavy atom. The molecule has 1 fully saturated rings. The number of likely N-dealkylation sites (tertiary alicyclic amines) is 1. The van der Waals surface area contributed by atoms with Crippen molar-refractivity contribution >= 4 is 11.6 Å². The molecule has 5 heteroatoms. The molecule has 1 heterocycles. The number of nitrogens with zero attached hydrogens (tertiary/aromatic N) is 1. The van der Waals surface area contributed by atoms with Crippen molar-refractivity contribution in [3.05, 3.63) is 60.2 Å². The molecular weight excluding hydrogens is 316 g/mol. The first-order chi connectivity index (χ1) is 12.2. The molecule has 2 N–H and O–H groups in total. The van der Waals surface area contributed by atoms with Crippen LogP contribution in [0.4, 0.5) is 5.69 Å². The number of rotatable bonds is 6. The second kappa shape index (κ2) is 8.53. The average Bonchev–Trinajstić information content (AvgIpc) is 2.66. The van der Waals surface area contributed by atoms with Gasteiger partial charge in [0.1, 0.15) is 12.4 Å². The van der Waals surface area contributed by atoms with Gasteiger partial charge >= 0.3 is 0 Å². The molecule has 1 atom stereocenters. The van der Waals surface area contributed by atoms with Crippen LogP contribution in [0.1, 0.15) is 23.2 Å². The van der Waals surface area contributed by atoms with Gasteiger partial charge in [0.15, 0.2) is 0 Å². The molecule has 3 rings (SSSR count). The number of piperidine rings is 1. The fourth-order valence-corrected chi connectivity index (χ4v) is 3.00. The standard InChI is InChI=1S/C20H24N2O3/c23-16-7-6-13-22(15-16)20(24)18-10-4-5-11-19(18)21-12-14-25-17-8-2-1-3-9-17/h1-5,8-11,16,21,23H,6-7,12-15H2/t16-/m0/s1. The highest BCUT2D eigenvalue weighted by Gasteiger charge is 2.24. The van der Waals surface area contributed by atoms with Gasteiger partial charge in [0.05, 0.1) is 11.7 Å². The zero-order valence-electron chi connectivity index (χ0n) is 14.2. The minimum atomic E-state index is -0.419. The maximum Gasteiger partial charge on any atom is 0.256 e. The molecule has 0 unspecified atom stereocenters. The first-order valence-corrected chi connectivity index (χ1v) is 8.72. The van der Waals surface area contributed by atoms with Crippen molar-refractivity contribution in [2.24, 2.45) is 0 Å². The van der Waals surface area contributed by atoms with Crippen LogP contribution in [0.3, 0.4) is 0 Å². The number of aliphatic hydroxyl groups excluding tert-OH is 1. The molecule has 25 heavy (non-hydrogen) atoms. The SMILES string of the molecule is O=C(c1ccccc1NCCOc1ccccc1)N1CCC[C@H](O)C1. The number of anilines is 1. The van der Waals surface area contributed by atoms with E-state index in [9.17, 15) is 9.90 Å². The second-order valence-corrected chi connectivity index (χ2v) is 6.18. The molecule has 0 radical (unpaired) electrons. The lowest BCUT2D eigenvalue weighted by atomic mass is 10.1. The van der Waals surface area contributed by atoms with E-state index in [0.717, 1.165) is 24.3 Å². The van der Waals surface area contributed by atoms with Crippen molar-refractivity contribution in [2.75, 3.05) is 31.6 Å². The molecule has 2 aromatic rings. The van der Waals surface area contributed by atoms with Crippen LogP contribution in [-0.2, 0) is 0 Å². The van der Waals surface area contributed by atoms with Gasteiger partial charge in [-0.1, -0.05) is 30.3 Å². The van der Waals surface area contributed by atoms with Crippen molar-refractivity contribution in [1.29, 1.82) is 0 Å². The van der Waals surface area contributed by atoms with Crippen LogP contribution in [0.2, 0.25) is 0 Å². The third kappa shape index (κ3) is 4.73. The Kier molecular flexibility index (Phi) is 5.90. The molecule has 0 spiro atoms. The van der Waals surface area contributed by atoms with Gasteiger partial charge in [0, 0.05) is 25.3 Å². The zero-order chi connectivity index (χ0) is 17.5. The largest absolute Gasteiger partial charge is 0.492 e. The van der Waals surface area contributed by atoms with Gasteiger partial charge in [-0.05, 0) is 37.1 Å². The Balaban J connectivity index is 1.57. The van der Waals surface area contributed by atoms with Gasteiger partial charge in [-0.3, -0.25) is 4.79 Å². The minimum absolute atomic E-state index is 0.0363. The van der Waals surface area contributed by atoms with Crippen molar-refractivity contribution < 1.29 is 14.6 Å². The van der Waals surface area contributed by atoms with Gasteiger partial charge in [0.25, 0.3) is 5.91 Å². The van der Waals surface area contributed by atoms with E-state index in [0.29, 0.717) is 31.8 Å². The van der Waals surface area contributed by atoms with Crippen molar-refractivity contribution in [3.8, 4) is 5.75 Å². The predicted molar refractivity (Wildman–Crippen MR) is 98.0 cm³/mol. The van der Waals surface area contributed by atoms with E-state index in [-0.39, 0.29) is 5.91 Å². The van der Waals surface area contributed by atoms with Crippen LogP contribution in [0.25, 0.3) is 0 Å². The molecule has 0 aliphatic carbocycles. The predicted octanol–water partition coefficient (Wildman–Crippen LogP) is 2.77. The molecule has 1 saturated heterocycles. The summed E-state index contributed by atoms with van der Waals surface area (Å²) in [4.78, 5) is 14.5. The summed E-state index contributed by atoms with van der Waals surface area (Å²) in [6.45, 7) is 2.21. The molecule has 2 aromatic carbocycles. The summed E-state index contributed by atoms with van der Waals surface area (Å²) < 4.78 is 5.67. The zero-order valence-corrected chi connectivity index (χ0v) is 14.2. The molecule has 0 saturated carbocycles. The molecule has 132 valence electrons. The van der Waals surface area contributed by atoms with E-state index in [2.05, 4.69) is 5.32 Å². The van der Waals surface area contributed by atoms with Crippen LogP contribution in [0.5, 0.6) is 5.75 Å². The number of carbonyl (C=O) groups is 1. The number of β-amino-alcohol motifs (C(OH)–C–C–N with tert-alkyl or cyclic N) is 1. The van der Waals surface area contributed by atoms with Crippen LogP contribution in [0.15, 0.2) is 54.6 Å². The number of hydrogen-bond acceptors (Lipinski definition) is 4. The summed E-state index contributed by atoms with van der Waals surface area (Å²) in [7, 11) is 0. The van der Waals surface area contributed by atoms with Gasteiger partial charge < -0.3 is 20.1 Å². The van der Waals surface area contributed by atoms with Crippen LogP contribution < -0.4 is 10.1 Å². The third-order valence-electron chi connectivity index (χ3n) is 4.27. The summed E-state index contributed by atoms with van der Waals surface area (Å²) in [6.07, 6.45) is 1.19. The number of nitrogens with one attached hydrogen (secondary N) is 1. The van der Waals surface area contributed by atoms with E-state index in [4.69, 9.17) is 4.74 Å².